The van der Waals surface area contributed by atoms with Gasteiger partial charge in [0.25, 0.3) is 0 Å². The van der Waals surface area contributed by atoms with Crippen LogP contribution in [-0.4, -0.2) is 28.3 Å². The molecule has 0 aliphatic heterocycles. The van der Waals surface area contributed by atoms with Gasteiger partial charge in [-0.05, 0) is 64.7 Å². The second-order valence-corrected chi connectivity index (χ2v) is 8.02. The molecule has 19 heavy (non-hydrogen) atoms. The van der Waals surface area contributed by atoms with Crippen molar-refractivity contribution in [2.75, 3.05) is 0 Å². The van der Waals surface area contributed by atoms with Crippen LogP contribution >= 0.6 is 0 Å². The highest BCUT2D eigenvalue weighted by atomic mass is 16.6. The number of rotatable bonds is 1. The maximum absolute atomic E-state index is 12.7. The second kappa shape index (κ2) is 3.73. The van der Waals surface area contributed by atoms with Gasteiger partial charge in [0.05, 0.1) is 11.0 Å². The molecule has 108 valence electrons. The number of ether oxygens (including phenoxy) is 1. The molecule has 0 aromatic heterocycles. The third kappa shape index (κ3) is 1.91. The summed E-state index contributed by atoms with van der Waals surface area (Å²) in [4.78, 5) is 12.7. The van der Waals surface area contributed by atoms with Crippen LogP contribution in [0.2, 0.25) is 0 Å². The van der Waals surface area contributed by atoms with Crippen LogP contribution < -0.4 is 5.73 Å². The van der Waals surface area contributed by atoms with E-state index in [1.807, 2.05) is 20.8 Å². The summed E-state index contributed by atoms with van der Waals surface area (Å²) < 4.78 is 5.61. The lowest BCUT2D eigenvalue weighted by Crippen LogP contribution is -2.71. The number of aliphatic hydroxyl groups is 1. The Morgan fingerprint density at radius 1 is 1.21 bits per heavy atom. The molecule has 0 spiro atoms. The molecule has 0 aromatic rings. The minimum absolute atomic E-state index is 0.194. The van der Waals surface area contributed by atoms with Crippen LogP contribution in [0.4, 0.5) is 0 Å². The zero-order valence-electron chi connectivity index (χ0n) is 12.1. The average molecular weight is 267 g/mol. The van der Waals surface area contributed by atoms with Gasteiger partial charge in [-0.1, -0.05) is 0 Å². The molecule has 4 aliphatic rings. The first-order valence-corrected chi connectivity index (χ1v) is 7.36. The van der Waals surface area contributed by atoms with E-state index in [1.165, 1.54) is 0 Å². The van der Waals surface area contributed by atoms with Crippen LogP contribution in [0.15, 0.2) is 0 Å². The van der Waals surface area contributed by atoms with E-state index in [0.29, 0.717) is 11.8 Å². The number of esters is 1. The number of carbonyl (C=O) groups is 1. The molecule has 4 bridgehead atoms. The van der Waals surface area contributed by atoms with E-state index in [4.69, 9.17) is 10.5 Å². The molecule has 3 atom stereocenters. The molecular formula is C15H25NO3. The van der Waals surface area contributed by atoms with Crippen molar-refractivity contribution in [3.8, 4) is 0 Å². The van der Waals surface area contributed by atoms with Crippen LogP contribution in [-0.2, 0) is 9.53 Å². The number of hydrogen-bond acceptors (Lipinski definition) is 4. The van der Waals surface area contributed by atoms with Gasteiger partial charge < -0.3 is 15.6 Å². The summed E-state index contributed by atoms with van der Waals surface area (Å²) in [5.41, 5.74) is 4.32. The van der Waals surface area contributed by atoms with Crippen molar-refractivity contribution in [1.82, 2.24) is 0 Å². The smallest absolute Gasteiger partial charge is 0.314 e. The van der Waals surface area contributed by atoms with Gasteiger partial charge in [-0.15, -0.1) is 0 Å². The van der Waals surface area contributed by atoms with E-state index in [1.54, 1.807) is 0 Å². The van der Waals surface area contributed by atoms with E-state index < -0.39 is 22.7 Å². The first-order chi connectivity index (χ1) is 8.65. The summed E-state index contributed by atoms with van der Waals surface area (Å²) in [5, 5.41) is 10.8. The Kier molecular flexibility index (Phi) is 2.63. The minimum atomic E-state index is -0.846. The molecule has 4 aliphatic carbocycles. The Hall–Kier alpha value is -0.610. The Bertz CT molecular complexity index is 398. The molecule has 4 rings (SSSR count). The Morgan fingerprint density at radius 2 is 1.74 bits per heavy atom. The van der Waals surface area contributed by atoms with Crippen molar-refractivity contribution >= 4 is 5.97 Å². The van der Waals surface area contributed by atoms with Gasteiger partial charge in [-0.3, -0.25) is 4.79 Å². The van der Waals surface area contributed by atoms with Crippen LogP contribution in [0.25, 0.3) is 0 Å². The van der Waals surface area contributed by atoms with Crippen molar-refractivity contribution in [1.29, 1.82) is 0 Å². The Labute approximate surface area is 114 Å². The van der Waals surface area contributed by atoms with Crippen LogP contribution in [0, 0.1) is 17.3 Å². The lowest BCUT2D eigenvalue weighted by Gasteiger charge is -2.62. The van der Waals surface area contributed by atoms with Gasteiger partial charge in [0, 0.05) is 6.04 Å². The van der Waals surface area contributed by atoms with Gasteiger partial charge >= 0.3 is 5.97 Å². The molecular weight excluding hydrogens is 242 g/mol. The van der Waals surface area contributed by atoms with E-state index >= 15 is 0 Å². The summed E-state index contributed by atoms with van der Waals surface area (Å²) in [7, 11) is 0. The summed E-state index contributed by atoms with van der Waals surface area (Å²) in [6.45, 7) is 5.64. The predicted molar refractivity (Wildman–Crippen MR) is 71.3 cm³/mol. The van der Waals surface area contributed by atoms with Crippen molar-refractivity contribution in [2.24, 2.45) is 23.0 Å². The highest BCUT2D eigenvalue weighted by Gasteiger charge is 2.66. The zero-order chi connectivity index (χ0) is 14.1. The molecule has 4 nitrogen and oxygen atoms in total. The molecule has 0 heterocycles. The lowest BCUT2D eigenvalue weighted by molar-refractivity contribution is -0.212. The topological polar surface area (TPSA) is 72.5 Å². The van der Waals surface area contributed by atoms with E-state index in [0.717, 1.165) is 32.1 Å². The molecule has 0 radical (unpaired) electrons. The summed E-state index contributed by atoms with van der Waals surface area (Å²) >= 11 is 0. The highest BCUT2D eigenvalue weighted by Crippen LogP contribution is 2.61. The van der Waals surface area contributed by atoms with Crippen molar-refractivity contribution in [2.45, 2.75) is 70.1 Å². The maximum Gasteiger partial charge on any atom is 0.314 e. The monoisotopic (exact) mass is 267 g/mol. The van der Waals surface area contributed by atoms with E-state index in [2.05, 4.69) is 0 Å². The van der Waals surface area contributed by atoms with Crippen LogP contribution in [0.3, 0.4) is 0 Å². The lowest BCUT2D eigenvalue weighted by atomic mass is 9.45. The van der Waals surface area contributed by atoms with Crippen LogP contribution in [0.5, 0.6) is 0 Å². The minimum Gasteiger partial charge on any atom is -0.459 e. The highest BCUT2D eigenvalue weighted by molar-refractivity contribution is 5.79. The fourth-order valence-corrected chi connectivity index (χ4v) is 4.84. The van der Waals surface area contributed by atoms with Gasteiger partial charge in [0.1, 0.15) is 5.60 Å². The Morgan fingerprint density at radius 3 is 2.21 bits per heavy atom. The standard InChI is InChI=1S/C15H25NO3/c1-13(2,3)19-12(17)14-5-9-4-10(6-14)8-15(18,7-9)11(14)16/h9-11,18H,4-8,16H2,1-3H3. The molecule has 0 amide bonds. The largest absolute Gasteiger partial charge is 0.459 e. The number of hydrogen-bond donors (Lipinski definition) is 2. The predicted octanol–water partition coefficient (Wildman–Crippen LogP) is 1.60. The number of carbonyl (C=O) groups excluding carboxylic acids is 1. The zero-order valence-corrected chi connectivity index (χ0v) is 12.1. The molecule has 4 saturated carbocycles. The maximum atomic E-state index is 12.7. The molecule has 3 N–H and O–H groups in total. The Balaban J connectivity index is 1.92. The fraction of sp³-hybridized carbons (Fsp3) is 0.933. The molecule has 0 aromatic carbocycles. The average Bonchev–Trinajstić information content (AvgIpc) is 2.21. The summed E-state index contributed by atoms with van der Waals surface area (Å²) in [6, 6.07) is -0.470. The molecule has 0 saturated heterocycles. The number of nitrogens with two attached hydrogens (primary N) is 1. The SMILES string of the molecule is CC(C)(C)OC(=O)C12CC3CC(CC(O)(C3)C1N)C2. The van der Waals surface area contributed by atoms with E-state index in [9.17, 15) is 9.90 Å². The van der Waals surface area contributed by atoms with E-state index in [-0.39, 0.29) is 5.97 Å². The van der Waals surface area contributed by atoms with Crippen molar-refractivity contribution in [3.05, 3.63) is 0 Å². The van der Waals surface area contributed by atoms with Crippen molar-refractivity contribution in [3.63, 3.8) is 0 Å². The molecule has 4 heteroatoms. The molecule has 3 unspecified atom stereocenters. The first-order valence-electron chi connectivity index (χ1n) is 7.36. The van der Waals surface area contributed by atoms with Crippen LogP contribution in [0.1, 0.15) is 52.9 Å². The fourth-order valence-electron chi connectivity index (χ4n) is 4.84. The second-order valence-electron chi connectivity index (χ2n) is 8.02. The summed E-state index contributed by atoms with van der Waals surface area (Å²) in [6.07, 6.45) is 4.24. The third-order valence-electron chi connectivity index (χ3n) is 5.24. The van der Waals surface area contributed by atoms with Gasteiger partial charge in [-0.2, -0.15) is 0 Å². The van der Waals surface area contributed by atoms with Gasteiger partial charge in [0.15, 0.2) is 0 Å². The first kappa shape index (κ1) is 13.4. The summed E-state index contributed by atoms with van der Waals surface area (Å²) in [5.74, 6) is 0.676. The van der Waals surface area contributed by atoms with Crippen molar-refractivity contribution < 1.29 is 14.6 Å². The normalized spacial score (nSPS) is 48.4. The van der Waals surface area contributed by atoms with Gasteiger partial charge in [-0.25, -0.2) is 0 Å². The van der Waals surface area contributed by atoms with Gasteiger partial charge in [0.2, 0.25) is 0 Å². The quantitative estimate of drug-likeness (QED) is 0.708. The third-order valence-corrected chi connectivity index (χ3v) is 5.24. The molecule has 4 fully saturated rings.